The SMILES string of the molecule is CCC(C)n1c(SCC(=O)Nc2cccnc2Cl)nc2ccccc2c1=O. The summed E-state index contributed by atoms with van der Waals surface area (Å²) in [5, 5.41) is 4.06. The third kappa shape index (κ3) is 4.31. The highest BCUT2D eigenvalue weighted by Crippen LogP contribution is 2.23. The molecule has 0 radical (unpaired) electrons. The number of nitrogens with zero attached hydrogens (tertiary/aromatic N) is 3. The van der Waals surface area contributed by atoms with Crippen molar-refractivity contribution in [2.24, 2.45) is 0 Å². The van der Waals surface area contributed by atoms with Crippen molar-refractivity contribution in [1.82, 2.24) is 14.5 Å². The highest BCUT2D eigenvalue weighted by molar-refractivity contribution is 7.99. The standard InChI is InChI=1S/C19H19ClN4O2S/c1-3-12(2)24-18(26)13-7-4-5-8-14(13)23-19(24)27-11-16(25)22-15-9-6-10-21-17(15)20/h4-10,12H,3,11H2,1-2H3,(H,22,25). The van der Waals surface area contributed by atoms with Crippen LogP contribution < -0.4 is 10.9 Å². The molecule has 1 N–H and O–H groups in total. The minimum atomic E-state index is -0.243. The zero-order valence-corrected chi connectivity index (χ0v) is 16.5. The molecule has 1 aromatic carbocycles. The number of thioether (sulfide) groups is 1. The van der Waals surface area contributed by atoms with E-state index in [2.05, 4.69) is 15.3 Å². The van der Waals surface area contributed by atoms with E-state index in [1.54, 1.807) is 35.0 Å². The molecule has 3 rings (SSSR count). The van der Waals surface area contributed by atoms with E-state index < -0.39 is 0 Å². The van der Waals surface area contributed by atoms with Crippen LogP contribution in [0.5, 0.6) is 0 Å². The number of carbonyl (C=O) groups is 1. The number of aromatic nitrogens is 3. The zero-order valence-electron chi connectivity index (χ0n) is 15.0. The van der Waals surface area contributed by atoms with Crippen LogP contribution in [0, 0.1) is 0 Å². The quantitative estimate of drug-likeness (QED) is 0.381. The Labute approximate surface area is 166 Å². The number of para-hydroxylation sites is 1. The minimum Gasteiger partial charge on any atom is -0.323 e. The van der Waals surface area contributed by atoms with E-state index >= 15 is 0 Å². The second-order valence-electron chi connectivity index (χ2n) is 6.02. The zero-order chi connectivity index (χ0) is 19.4. The smallest absolute Gasteiger partial charge is 0.262 e. The molecule has 0 saturated heterocycles. The topological polar surface area (TPSA) is 76.9 Å². The number of hydrogen-bond acceptors (Lipinski definition) is 5. The average molecular weight is 403 g/mol. The number of fused-ring (bicyclic) bond motifs is 1. The van der Waals surface area contributed by atoms with Gasteiger partial charge in [-0.15, -0.1) is 0 Å². The predicted molar refractivity (Wildman–Crippen MR) is 110 cm³/mol. The summed E-state index contributed by atoms with van der Waals surface area (Å²) in [5.74, 6) is -0.139. The Bertz CT molecular complexity index is 1040. The molecular weight excluding hydrogens is 384 g/mol. The van der Waals surface area contributed by atoms with Crippen LogP contribution in [-0.4, -0.2) is 26.2 Å². The Kier molecular flexibility index (Phi) is 6.13. The molecule has 8 heteroatoms. The first-order valence-electron chi connectivity index (χ1n) is 8.55. The van der Waals surface area contributed by atoms with Gasteiger partial charge in [0, 0.05) is 12.2 Å². The normalized spacial score (nSPS) is 12.1. The fourth-order valence-electron chi connectivity index (χ4n) is 2.59. The lowest BCUT2D eigenvalue weighted by Gasteiger charge is -2.18. The first-order chi connectivity index (χ1) is 13.0. The molecule has 6 nitrogen and oxygen atoms in total. The summed E-state index contributed by atoms with van der Waals surface area (Å²) < 4.78 is 1.66. The van der Waals surface area contributed by atoms with Gasteiger partial charge in [-0.05, 0) is 37.6 Å². The average Bonchev–Trinajstić information content (AvgIpc) is 2.68. The summed E-state index contributed by atoms with van der Waals surface area (Å²) >= 11 is 7.20. The Balaban J connectivity index is 1.86. The summed E-state index contributed by atoms with van der Waals surface area (Å²) in [6.45, 7) is 3.98. The van der Waals surface area contributed by atoms with Crippen molar-refractivity contribution in [2.45, 2.75) is 31.5 Å². The fourth-order valence-corrected chi connectivity index (χ4v) is 3.66. The molecule has 0 aliphatic heterocycles. The lowest BCUT2D eigenvalue weighted by atomic mass is 10.2. The van der Waals surface area contributed by atoms with Crippen molar-refractivity contribution >= 4 is 45.9 Å². The lowest BCUT2D eigenvalue weighted by Crippen LogP contribution is -2.26. The number of amides is 1. The Morgan fingerprint density at radius 3 is 2.81 bits per heavy atom. The van der Waals surface area contributed by atoms with Gasteiger partial charge in [0.15, 0.2) is 10.3 Å². The third-order valence-electron chi connectivity index (χ3n) is 4.17. The molecule has 3 aromatic rings. The van der Waals surface area contributed by atoms with Crippen LogP contribution in [0.1, 0.15) is 26.3 Å². The van der Waals surface area contributed by atoms with Crippen LogP contribution in [0.3, 0.4) is 0 Å². The number of benzene rings is 1. The number of halogens is 1. The minimum absolute atomic E-state index is 0.0204. The molecule has 140 valence electrons. The van der Waals surface area contributed by atoms with Crippen molar-refractivity contribution < 1.29 is 4.79 Å². The largest absolute Gasteiger partial charge is 0.323 e. The van der Waals surface area contributed by atoms with Crippen LogP contribution in [0.2, 0.25) is 5.15 Å². The molecule has 0 aliphatic carbocycles. The summed E-state index contributed by atoms with van der Waals surface area (Å²) in [6.07, 6.45) is 2.33. The van der Waals surface area contributed by atoms with Gasteiger partial charge in [0.1, 0.15) is 0 Å². The summed E-state index contributed by atoms with van der Waals surface area (Å²) in [6, 6.07) is 10.6. The summed E-state index contributed by atoms with van der Waals surface area (Å²) in [4.78, 5) is 33.8. The van der Waals surface area contributed by atoms with E-state index in [1.165, 1.54) is 11.8 Å². The van der Waals surface area contributed by atoms with E-state index in [4.69, 9.17) is 11.6 Å². The maximum Gasteiger partial charge on any atom is 0.262 e. The molecule has 2 aromatic heterocycles. The molecule has 1 amide bonds. The molecular formula is C19H19ClN4O2S. The lowest BCUT2D eigenvalue weighted by molar-refractivity contribution is -0.113. The number of pyridine rings is 1. The monoisotopic (exact) mass is 402 g/mol. The highest BCUT2D eigenvalue weighted by atomic mass is 35.5. The van der Waals surface area contributed by atoms with Gasteiger partial charge in [-0.25, -0.2) is 9.97 Å². The van der Waals surface area contributed by atoms with Gasteiger partial charge in [0.25, 0.3) is 5.56 Å². The molecule has 0 fully saturated rings. The van der Waals surface area contributed by atoms with Crippen LogP contribution in [0.25, 0.3) is 10.9 Å². The van der Waals surface area contributed by atoms with Crippen molar-refractivity contribution in [3.8, 4) is 0 Å². The second-order valence-corrected chi connectivity index (χ2v) is 7.32. The molecule has 27 heavy (non-hydrogen) atoms. The second kappa shape index (κ2) is 8.54. The van der Waals surface area contributed by atoms with Crippen LogP contribution in [0.15, 0.2) is 52.5 Å². The fraction of sp³-hybridized carbons (Fsp3) is 0.263. The van der Waals surface area contributed by atoms with E-state index in [0.29, 0.717) is 21.7 Å². The summed E-state index contributed by atoms with van der Waals surface area (Å²) in [7, 11) is 0. The first-order valence-corrected chi connectivity index (χ1v) is 9.92. The molecule has 2 heterocycles. The van der Waals surface area contributed by atoms with Crippen LogP contribution in [-0.2, 0) is 4.79 Å². The van der Waals surface area contributed by atoms with Crippen LogP contribution in [0.4, 0.5) is 5.69 Å². The Morgan fingerprint density at radius 2 is 2.07 bits per heavy atom. The van der Waals surface area contributed by atoms with Crippen molar-refractivity contribution in [1.29, 1.82) is 0 Å². The van der Waals surface area contributed by atoms with E-state index in [1.807, 2.05) is 26.0 Å². The first kappa shape index (κ1) is 19.4. The van der Waals surface area contributed by atoms with Gasteiger partial charge < -0.3 is 5.32 Å². The molecule has 0 aliphatic rings. The van der Waals surface area contributed by atoms with Gasteiger partial charge >= 0.3 is 0 Å². The third-order valence-corrected chi connectivity index (χ3v) is 5.43. The number of carbonyl (C=O) groups excluding carboxylic acids is 1. The Hall–Kier alpha value is -2.38. The van der Waals surface area contributed by atoms with Gasteiger partial charge in [0.05, 0.1) is 22.3 Å². The number of nitrogens with one attached hydrogen (secondary N) is 1. The summed E-state index contributed by atoms with van der Waals surface area (Å²) in [5.41, 5.74) is 0.990. The molecule has 0 spiro atoms. The molecule has 0 saturated carbocycles. The van der Waals surface area contributed by atoms with Gasteiger partial charge in [0.2, 0.25) is 5.91 Å². The van der Waals surface area contributed by atoms with E-state index in [0.717, 1.165) is 6.42 Å². The van der Waals surface area contributed by atoms with E-state index in [-0.39, 0.29) is 28.4 Å². The maximum absolute atomic E-state index is 12.9. The number of rotatable bonds is 6. The van der Waals surface area contributed by atoms with Crippen LogP contribution >= 0.6 is 23.4 Å². The molecule has 1 atom stereocenters. The predicted octanol–water partition coefficient (Wildman–Crippen LogP) is 4.15. The molecule has 0 bridgehead atoms. The molecule has 1 unspecified atom stereocenters. The van der Waals surface area contributed by atoms with Gasteiger partial charge in [-0.1, -0.05) is 42.4 Å². The van der Waals surface area contributed by atoms with Crippen molar-refractivity contribution in [3.05, 3.63) is 58.1 Å². The number of anilines is 1. The van der Waals surface area contributed by atoms with Crippen molar-refractivity contribution in [3.63, 3.8) is 0 Å². The van der Waals surface area contributed by atoms with Gasteiger partial charge in [-0.2, -0.15) is 0 Å². The highest BCUT2D eigenvalue weighted by Gasteiger charge is 2.17. The van der Waals surface area contributed by atoms with E-state index in [9.17, 15) is 9.59 Å². The van der Waals surface area contributed by atoms with Crippen molar-refractivity contribution in [2.75, 3.05) is 11.1 Å². The maximum atomic E-state index is 12.9. The van der Waals surface area contributed by atoms with Gasteiger partial charge in [-0.3, -0.25) is 14.2 Å². The number of hydrogen-bond donors (Lipinski definition) is 1. The Morgan fingerprint density at radius 1 is 1.30 bits per heavy atom.